The van der Waals surface area contributed by atoms with Gasteiger partial charge in [0.15, 0.2) is 23.0 Å². The topological polar surface area (TPSA) is 87.1 Å². The van der Waals surface area contributed by atoms with Crippen LogP contribution in [-0.4, -0.2) is 30.3 Å². The van der Waals surface area contributed by atoms with Crippen LogP contribution in [0.25, 0.3) is 10.9 Å². The number of nitrogens with zero attached hydrogens (tertiary/aromatic N) is 1. The van der Waals surface area contributed by atoms with Crippen LogP contribution in [0.4, 0.5) is 0 Å². The molecular formula is C26H23NO6. The lowest BCUT2D eigenvalue weighted by Gasteiger charge is -2.17. The lowest BCUT2D eigenvalue weighted by Crippen LogP contribution is -2.14. The van der Waals surface area contributed by atoms with Gasteiger partial charge in [-0.25, -0.2) is 9.78 Å². The number of carboxylic acid groups (broad SMARTS) is 1. The van der Waals surface area contributed by atoms with Crippen molar-refractivity contribution in [2.45, 2.75) is 13.2 Å². The van der Waals surface area contributed by atoms with Crippen LogP contribution in [0.15, 0.2) is 72.8 Å². The van der Waals surface area contributed by atoms with Crippen LogP contribution in [0.3, 0.4) is 0 Å². The molecule has 7 nitrogen and oxygen atoms in total. The van der Waals surface area contributed by atoms with E-state index in [1.54, 1.807) is 38.5 Å². The number of para-hydroxylation sites is 5. The number of hydrogen-bond acceptors (Lipinski definition) is 6. The summed E-state index contributed by atoms with van der Waals surface area (Å²) in [6.07, 6.45) is 0. The molecule has 0 aliphatic rings. The zero-order valence-corrected chi connectivity index (χ0v) is 18.3. The van der Waals surface area contributed by atoms with Gasteiger partial charge in [0.2, 0.25) is 0 Å². The van der Waals surface area contributed by atoms with Gasteiger partial charge in [-0.05, 0) is 30.3 Å². The number of fused-ring (bicyclic) bond motifs is 1. The number of aromatic carboxylic acids is 1. The largest absolute Gasteiger partial charge is 0.493 e. The molecular weight excluding hydrogens is 422 g/mol. The van der Waals surface area contributed by atoms with Crippen molar-refractivity contribution < 1.29 is 28.8 Å². The Labute approximate surface area is 191 Å². The molecule has 0 aliphatic carbocycles. The molecule has 4 aromatic rings. The van der Waals surface area contributed by atoms with Gasteiger partial charge in [-0.1, -0.05) is 42.5 Å². The fraction of sp³-hybridized carbons (Fsp3) is 0.154. The molecule has 0 atom stereocenters. The van der Waals surface area contributed by atoms with E-state index < -0.39 is 5.97 Å². The van der Waals surface area contributed by atoms with Gasteiger partial charge >= 0.3 is 5.97 Å². The minimum atomic E-state index is -1.11. The molecule has 4 rings (SSSR count). The van der Waals surface area contributed by atoms with Crippen molar-refractivity contribution in [2.24, 2.45) is 0 Å². The Bertz CT molecular complexity index is 1290. The van der Waals surface area contributed by atoms with Crippen molar-refractivity contribution in [3.8, 4) is 23.0 Å². The van der Waals surface area contributed by atoms with Crippen LogP contribution in [0.1, 0.15) is 21.6 Å². The first-order valence-corrected chi connectivity index (χ1v) is 10.3. The van der Waals surface area contributed by atoms with Crippen LogP contribution in [-0.2, 0) is 13.2 Å². The van der Waals surface area contributed by atoms with Gasteiger partial charge in [-0.3, -0.25) is 0 Å². The zero-order chi connectivity index (χ0) is 23.2. The van der Waals surface area contributed by atoms with Crippen molar-refractivity contribution in [3.63, 3.8) is 0 Å². The average Bonchev–Trinajstić information content (AvgIpc) is 2.85. The van der Waals surface area contributed by atoms with E-state index >= 15 is 0 Å². The summed E-state index contributed by atoms with van der Waals surface area (Å²) in [4.78, 5) is 16.9. The average molecular weight is 445 g/mol. The highest BCUT2D eigenvalue weighted by Gasteiger charge is 2.22. The van der Waals surface area contributed by atoms with Crippen LogP contribution < -0.4 is 18.9 Å². The maximum absolute atomic E-state index is 12.4. The summed E-state index contributed by atoms with van der Waals surface area (Å²) in [7, 11) is 3.10. The molecule has 33 heavy (non-hydrogen) atoms. The Morgan fingerprint density at radius 2 is 1.27 bits per heavy atom. The molecule has 1 heterocycles. The molecule has 0 bridgehead atoms. The summed E-state index contributed by atoms with van der Waals surface area (Å²) in [5.74, 6) is 1.02. The summed E-state index contributed by atoms with van der Waals surface area (Å²) in [6.45, 7) is -0.0266. The molecule has 0 unspecified atom stereocenters. The number of hydrogen-bond donors (Lipinski definition) is 1. The number of methoxy groups -OCH3 is 2. The maximum Gasteiger partial charge on any atom is 0.338 e. The van der Waals surface area contributed by atoms with Gasteiger partial charge < -0.3 is 24.1 Å². The third-order valence-corrected chi connectivity index (χ3v) is 5.16. The van der Waals surface area contributed by atoms with E-state index in [1.165, 1.54) is 0 Å². The number of carboxylic acids is 1. The molecule has 0 fully saturated rings. The summed E-state index contributed by atoms with van der Waals surface area (Å²) < 4.78 is 22.6. The molecule has 0 aliphatic heterocycles. The fourth-order valence-electron chi connectivity index (χ4n) is 3.62. The molecule has 0 saturated heterocycles. The van der Waals surface area contributed by atoms with Crippen LogP contribution in [0.2, 0.25) is 0 Å². The molecule has 3 aromatic carbocycles. The highest BCUT2D eigenvalue weighted by atomic mass is 16.5. The molecule has 0 spiro atoms. The van der Waals surface area contributed by atoms with E-state index in [4.69, 9.17) is 18.9 Å². The van der Waals surface area contributed by atoms with Crippen LogP contribution >= 0.6 is 0 Å². The standard InChI is InChI=1S/C26H23NO6/c1-30-21-11-5-7-13-23(21)32-15-18-17-9-3-4-10-19(17)27-20(25(18)26(28)29)16-33-24-14-8-6-12-22(24)31-2/h3-14H,15-16H2,1-2H3,(H,28,29). The molecule has 7 heteroatoms. The second-order valence-electron chi connectivity index (χ2n) is 7.11. The Hall–Kier alpha value is -4.26. The van der Waals surface area contributed by atoms with Crippen molar-refractivity contribution in [3.05, 3.63) is 89.6 Å². The Morgan fingerprint density at radius 3 is 1.85 bits per heavy atom. The smallest absolute Gasteiger partial charge is 0.338 e. The van der Waals surface area contributed by atoms with E-state index in [0.717, 1.165) is 0 Å². The van der Waals surface area contributed by atoms with Gasteiger partial charge in [-0.2, -0.15) is 0 Å². The second-order valence-corrected chi connectivity index (χ2v) is 7.11. The van der Waals surface area contributed by atoms with E-state index in [-0.39, 0.29) is 18.8 Å². The SMILES string of the molecule is COc1ccccc1OCc1nc2ccccc2c(COc2ccccc2OC)c1C(=O)O. The van der Waals surface area contributed by atoms with Gasteiger partial charge in [0, 0.05) is 10.9 Å². The Kier molecular flexibility index (Phi) is 6.59. The number of ether oxygens (including phenoxy) is 4. The van der Waals surface area contributed by atoms with E-state index in [9.17, 15) is 9.90 Å². The quantitative estimate of drug-likeness (QED) is 0.383. The monoisotopic (exact) mass is 445 g/mol. The summed E-state index contributed by atoms with van der Waals surface area (Å²) in [6, 6.07) is 21.8. The molecule has 0 saturated carbocycles. The predicted octanol–water partition coefficient (Wildman–Crippen LogP) is 5.11. The van der Waals surface area contributed by atoms with Gasteiger partial charge in [0.1, 0.15) is 13.2 Å². The van der Waals surface area contributed by atoms with E-state index in [1.807, 2.05) is 48.5 Å². The second kappa shape index (κ2) is 9.91. The first-order chi connectivity index (χ1) is 16.1. The number of pyridine rings is 1. The normalized spacial score (nSPS) is 10.6. The summed E-state index contributed by atoms with van der Waals surface area (Å²) >= 11 is 0. The summed E-state index contributed by atoms with van der Waals surface area (Å²) in [5.41, 5.74) is 1.52. The summed E-state index contributed by atoms with van der Waals surface area (Å²) in [5, 5.41) is 10.8. The van der Waals surface area contributed by atoms with Crippen molar-refractivity contribution in [1.82, 2.24) is 4.98 Å². The Morgan fingerprint density at radius 1 is 0.758 bits per heavy atom. The minimum absolute atomic E-state index is 0.0205. The van der Waals surface area contributed by atoms with Gasteiger partial charge in [0.05, 0.1) is 31.0 Å². The fourth-order valence-corrected chi connectivity index (χ4v) is 3.62. The van der Waals surface area contributed by atoms with Crippen LogP contribution in [0.5, 0.6) is 23.0 Å². The van der Waals surface area contributed by atoms with E-state index in [2.05, 4.69) is 4.98 Å². The first-order valence-electron chi connectivity index (χ1n) is 10.3. The zero-order valence-electron chi connectivity index (χ0n) is 18.3. The van der Waals surface area contributed by atoms with E-state index in [0.29, 0.717) is 45.2 Å². The highest BCUT2D eigenvalue weighted by molar-refractivity contribution is 5.97. The molecule has 0 radical (unpaired) electrons. The third kappa shape index (κ3) is 4.67. The van der Waals surface area contributed by atoms with Gasteiger partial charge in [0.25, 0.3) is 0 Å². The molecule has 1 N–H and O–H groups in total. The van der Waals surface area contributed by atoms with Crippen LogP contribution in [0, 0.1) is 0 Å². The molecule has 168 valence electrons. The number of benzene rings is 3. The number of aromatic nitrogens is 1. The number of rotatable bonds is 9. The van der Waals surface area contributed by atoms with Gasteiger partial charge in [-0.15, -0.1) is 0 Å². The Balaban J connectivity index is 1.74. The third-order valence-electron chi connectivity index (χ3n) is 5.16. The predicted molar refractivity (Wildman–Crippen MR) is 123 cm³/mol. The van der Waals surface area contributed by atoms with Crippen molar-refractivity contribution in [2.75, 3.05) is 14.2 Å². The lowest BCUT2D eigenvalue weighted by molar-refractivity contribution is 0.0690. The molecule has 0 amide bonds. The first kappa shape index (κ1) is 22.0. The van der Waals surface area contributed by atoms with Crippen molar-refractivity contribution >= 4 is 16.9 Å². The lowest BCUT2D eigenvalue weighted by atomic mass is 10.0. The maximum atomic E-state index is 12.4. The number of carbonyl (C=O) groups is 1. The molecule has 1 aromatic heterocycles. The van der Waals surface area contributed by atoms with Crippen molar-refractivity contribution in [1.29, 1.82) is 0 Å². The minimum Gasteiger partial charge on any atom is -0.493 e. The highest BCUT2D eigenvalue weighted by Crippen LogP contribution is 2.31.